The summed E-state index contributed by atoms with van der Waals surface area (Å²) in [7, 11) is -5.12. The minimum atomic E-state index is -5.12. The summed E-state index contributed by atoms with van der Waals surface area (Å²) in [5.41, 5.74) is 1.40. The molecule has 1 heterocycles. The van der Waals surface area contributed by atoms with Crippen LogP contribution in [-0.2, 0) is 22.2 Å². The SMILES string of the molecule is NC(=O)c1cc(C(F)(F)F)nn1C1CCC(F)(S(=O)(=O)c2cc(F)cc(C(F)(F)F)c2)CC1. The Bertz CT molecular complexity index is 1180. The third-order valence-electron chi connectivity index (χ3n) is 5.32. The molecule has 0 unspecified atom stereocenters. The smallest absolute Gasteiger partial charge is 0.364 e. The molecule has 0 radical (unpaired) electrons. The number of aromatic nitrogens is 2. The lowest BCUT2D eigenvalue weighted by molar-refractivity contribution is -0.141. The molecule has 33 heavy (non-hydrogen) atoms. The van der Waals surface area contributed by atoms with Crippen molar-refractivity contribution in [3.63, 3.8) is 0 Å². The van der Waals surface area contributed by atoms with E-state index in [0.29, 0.717) is 10.7 Å². The number of rotatable bonds is 4. The number of sulfone groups is 1. The highest BCUT2D eigenvalue weighted by Gasteiger charge is 2.49. The van der Waals surface area contributed by atoms with Crippen LogP contribution in [-0.4, -0.2) is 29.1 Å². The van der Waals surface area contributed by atoms with Crippen LogP contribution in [0, 0.1) is 5.82 Å². The molecule has 1 saturated carbocycles. The van der Waals surface area contributed by atoms with E-state index in [0.717, 1.165) is 0 Å². The highest BCUT2D eigenvalue weighted by molar-refractivity contribution is 7.92. The summed E-state index contributed by atoms with van der Waals surface area (Å²) in [5.74, 6) is -2.79. The van der Waals surface area contributed by atoms with Gasteiger partial charge in [-0.25, -0.2) is 17.2 Å². The molecule has 2 aromatic rings. The van der Waals surface area contributed by atoms with Gasteiger partial charge in [-0.1, -0.05) is 0 Å². The van der Waals surface area contributed by atoms with E-state index in [1.54, 1.807) is 0 Å². The van der Waals surface area contributed by atoms with Crippen molar-refractivity contribution >= 4 is 15.7 Å². The van der Waals surface area contributed by atoms with Crippen molar-refractivity contribution in [3.05, 3.63) is 47.0 Å². The molecule has 1 fully saturated rings. The number of amides is 1. The maximum atomic E-state index is 15.4. The molecule has 3 rings (SSSR count). The van der Waals surface area contributed by atoms with Crippen molar-refractivity contribution < 1.29 is 48.3 Å². The standard InChI is InChI=1S/C18H15F8N3O3S/c19-10-5-9(17(21,22)23)6-12(7-10)33(31,32)16(20)3-1-11(2-4-16)29-13(15(27)30)8-14(28-29)18(24,25)26/h5-8,11H,1-4H2,(H2,27,30). The molecular weight excluding hydrogens is 490 g/mol. The lowest BCUT2D eigenvalue weighted by Gasteiger charge is -2.34. The number of nitrogens with two attached hydrogens (primary N) is 1. The number of carbonyl (C=O) groups is 1. The van der Waals surface area contributed by atoms with Crippen LogP contribution in [0.2, 0.25) is 0 Å². The van der Waals surface area contributed by atoms with Crippen LogP contribution in [0.3, 0.4) is 0 Å². The van der Waals surface area contributed by atoms with Crippen molar-refractivity contribution in [2.75, 3.05) is 0 Å². The average Bonchev–Trinajstić information content (AvgIpc) is 3.13. The van der Waals surface area contributed by atoms with Crippen LogP contribution in [0.1, 0.15) is 53.5 Å². The Labute approximate surface area is 181 Å². The molecule has 2 N–H and O–H groups in total. The van der Waals surface area contributed by atoms with Crippen LogP contribution >= 0.6 is 0 Å². The van der Waals surface area contributed by atoms with E-state index in [2.05, 4.69) is 5.10 Å². The number of nitrogens with zero attached hydrogens (tertiary/aromatic N) is 2. The van der Waals surface area contributed by atoms with Gasteiger partial charge in [0.15, 0.2) is 5.69 Å². The molecule has 0 spiro atoms. The predicted octanol–water partition coefficient (Wildman–Crippen LogP) is 4.41. The summed E-state index contributed by atoms with van der Waals surface area (Å²) in [5, 5.41) is 0.171. The van der Waals surface area contributed by atoms with Crippen molar-refractivity contribution in [2.45, 2.75) is 54.0 Å². The van der Waals surface area contributed by atoms with Crippen LogP contribution in [0.4, 0.5) is 35.1 Å². The van der Waals surface area contributed by atoms with Gasteiger partial charge in [-0.2, -0.15) is 31.4 Å². The molecule has 0 saturated heterocycles. The van der Waals surface area contributed by atoms with Gasteiger partial charge < -0.3 is 5.73 Å². The number of primary amides is 1. The van der Waals surface area contributed by atoms with Gasteiger partial charge in [0.1, 0.15) is 11.5 Å². The fourth-order valence-corrected chi connectivity index (χ4v) is 5.38. The fraction of sp³-hybridized carbons (Fsp3) is 0.444. The number of hydrogen-bond donors (Lipinski definition) is 1. The summed E-state index contributed by atoms with van der Waals surface area (Å²) in [6.07, 6.45) is -12.6. The Morgan fingerprint density at radius 2 is 1.61 bits per heavy atom. The van der Waals surface area contributed by atoms with E-state index >= 15 is 4.39 Å². The maximum absolute atomic E-state index is 15.4. The van der Waals surface area contributed by atoms with Gasteiger partial charge >= 0.3 is 12.4 Å². The van der Waals surface area contributed by atoms with E-state index < -0.39 is 92.5 Å². The molecule has 1 aliphatic rings. The second kappa shape index (κ2) is 7.95. The van der Waals surface area contributed by atoms with E-state index in [9.17, 15) is 43.9 Å². The maximum Gasteiger partial charge on any atom is 0.435 e. The van der Waals surface area contributed by atoms with Gasteiger partial charge in [0.05, 0.1) is 16.5 Å². The minimum Gasteiger partial charge on any atom is -0.364 e. The number of carbonyl (C=O) groups excluding carboxylic acids is 1. The van der Waals surface area contributed by atoms with Gasteiger partial charge in [-0.3, -0.25) is 9.48 Å². The quantitative estimate of drug-likeness (QED) is 0.623. The first-order chi connectivity index (χ1) is 15.0. The minimum absolute atomic E-state index is 0.0577. The highest BCUT2D eigenvalue weighted by atomic mass is 32.2. The topological polar surface area (TPSA) is 95.1 Å². The Balaban J connectivity index is 1.91. The van der Waals surface area contributed by atoms with Crippen LogP contribution < -0.4 is 5.73 Å². The first-order valence-corrected chi connectivity index (χ1v) is 10.7. The van der Waals surface area contributed by atoms with Crippen molar-refractivity contribution in [2.24, 2.45) is 5.73 Å². The van der Waals surface area contributed by atoms with Crippen molar-refractivity contribution in [1.29, 1.82) is 0 Å². The molecule has 1 aromatic carbocycles. The number of hydrogen-bond acceptors (Lipinski definition) is 4. The van der Waals surface area contributed by atoms with Crippen molar-refractivity contribution in [3.8, 4) is 0 Å². The van der Waals surface area contributed by atoms with E-state index in [1.807, 2.05) is 0 Å². The van der Waals surface area contributed by atoms with Gasteiger partial charge in [0.2, 0.25) is 14.8 Å². The molecule has 6 nitrogen and oxygen atoms in total. The third kappa shape index (κ3) is 4.68. The Hall–Kier alpha value is -2.71. The molecule has 182 valence electrons. The summed E-state index contributed by atoms with van der Waals surface area (Å²) in [6.45, 7) is 0. The molecule has 0 bridgehead atoms. The van der Waals surface area contributed by atoms with Gasteiger partial charge in [0.25, 0.3) is 5.91 Å². The zero-order valence-corrected chi connectivity index (χ0v) is 17.2. The predicted molar refractivity (Wildman–Crippen MR) is 95.7 cm³/mol. The number of alkyl halides is 7. The monoisotopic (exact) mass is 505 g/mol. The van der Waals surface area contributed by atoms with Crippen LogP contribution in [0.5, 0.6) is 0 Å². The molecule has 15 heteroatoms. The Morgan fingerprint density at radius 1 is 1.03 bits per heavy atom. The Kier molecular flexibility index (Phi) is 6.01. The zero-order valence-electron chi connectivity index (χ0n) is 16.3. The second-order valence-corrected chi connectivity index (χ2v) is 9.72. The normalized spacial score (nSPS) is 22.4. The molecule has 1 amide bonds. The molecule has 1 aliphatic carbocycles. The largest absolute Gasteiger partial charge is 0.435 e. The van der Waals surface area contributed by atoms with Gasteiger partial charge in [-0.15, -0.1) is 0 Å². The van der Waals surface area contributed by atoms with Crippen LogP contribution in [0.25, 0.3) is 0 Å². The second-order valence-electron chi connectivity index (χ2n) is 7.51. The van der Waals surface area contributed by atoms with Crippen molar-refractivity contribution in [1.82, 2.24) is 9.78 Å². The first kappa shape index (κ1) is 24.9. The van der Waals surface area contributed by atoms with E-state index in [1.165, 1.54) is 0 Å². The lowest BCUT2D eigenvalue weighted by atomic mass is 9.93. The molecule has 0 atom stereocenters. The Morgan fingerprint density at radius 3 is 2.09 bits per heavy atom. The van der Waals surface area contributed by atoms with E-state index in [-0.39, 0.29) is 18.2 Å². The first-order valence-electron chi connectivity index (χ1n) is 9.23. The highest BCUT2D eigenvalue weighted by Crippen LogP contribution is 2.45. The van der Waals surface area contributed by atoms with Crippen LogP contribution in [0.15, 0.2) is 29.2 Å². The van der Waals surface area contributed by atoms with E-state index in [4.69, 9.17) is 5.73 Å². The number of halogens is 8. The summed E-state index contributed by atoms with van der Waals surface area (Å²) in [6, 6.07) is -0.211. The summed E-state index contributed by atoms with van der Waals surface area (Å²) < 4.78 is 133. The zero-order chi connectivity index (χ0) is 25.0. The van der Waals surface area contributed by atoms with Gasteiger partial charge in [-0.05, 0) is 43.9 Å². The molecule has 0 aliphatic heterocycles. The summed E-state index contributed by atoms with van der Waals surface area (Å²) >= 11 is 0. The fourth-order valence-electron chi connectivity index (χ4n) is 3.64. The molecular formula is C18H15F8N3O3S. The average molecular weight is 505 g/mol. The molecule has 1 aromatic heterocycles. The summed E-state index contributed by atoms with van der Waals surface area (Å²) in [4.78, 5) is 10.3. The number of benzene rings is 1. The van der Waals surface area contributed by atoms with Gasteiger partial charge in [0, 0.05) is 6.07 Å². The lowest BCUT2D eigenvalue weighted by Crippen LogP contribution is -2.39. The third-order valence-corrected chi connectivity index (χ3v) is 7.54.